The van der Waals surface area contributed by atoms with Crippen LogP contribution >= 0.6 is 0 Å². The van der Waals surface area contributed by atoms with Crippen molar-refractivity contribution in [2.45, 2.75) is 18.7 Å². The fraction of sp³-hybridized carbons (Fsp3) is 0.150. The predicted molar refractivity (Wildman–Crippen MR) is 96.0 cm³/mol. The fourth-order valence-corrected chi connectivity index (χ4v) is 7.00. The third-order valence-electron chi connectivity index (χ3n) is 5.07. The summed E-state index contributed by atoms with van der Waals surface area (Å²) in [6.07, 6.45) is 3.68. The first-order valence-corrected chi connectivity index (χ1v) is 10.9. The summed E-state index contributed by atoms with van der Waals surface area (Å²) in [5, 5.41) is 14.4. The lowest BCUT2D eigenvalue weighted by atomic mass is 9.80. The summed E-state index contributed by atoms with van der Waals surface area (Å²) >= 11 is 0. The van der Waals surface area contributed by atoms with Crippen LogP contribution < -0.4 is 10.4 Å². The van der Waals surface area contributed by atoms with Crippen LogP contribution in [-0.4, -0.2) is 18.2 Å². The molecule has 1 aliphatic heterocycles. The summed E-state index contributed by atoms with van der Waals surface area (Å²) in [6.45, 7) is 4.68. The smallest absolute Gasteiger partial charge is 0.141 e. The van der Waals surface area contributed by atoms with E-state index in [4.69, 9.17) is 0 Å². The molecule has 23 heavy (non-hydrogen) atoms. The number of hydrogen-bond donors (Lipinski definition) is 1. The topological polar surface area (TPSA) is 33.1 Å². The molecule has 3 aromatic rings. The lowest BCUT2D eigenvalue weighted by Gasteiger charge is -2.43. The van der Waals surface area contributed by atoms with Crippen LogP contribution in [0.2, 0.25) is 13.1 Å². The van der Waals surface area contributed by atoms with Crippen molar-refractivity contribution in [1.29, 1.82) is 0 Å². The zero-order valence-electron chi connectivity index (χ0n) is 13.3. The molecule has 2 aromatic carbocycles. The van der Waals surface area contributed by atoms with Crippen LogP contribution in [-0.2, 0) is 5.60 Å². The van der Waals surface area contributed by atoms with Gasteiger partial charge in [-0.25, -0.2) is 0 Å². The molecule has 0 amide bonds. The van der Waals surface area contributed by atoms with Gasteiger partial charge in [0, 0.05) is 18.0 Å². The first-order chi connectivity index (χ1) is 11.1. The standard InChI is InChI=1S/C20H19NOSi/c1-23(2)18-11-7-6-10-16(18)20(22,15-8-4-3-5-9-15)17-14-21-13-12-19(17)23/h3-14,22H,1-2H3. The number of aliphatic hydroxyl groups is 1. The normalized spacial score (nSPS) is 21.3. The number of fused-ring (bicyclic) bond motifs is 2. The molecule has 0 aliphatic carbocycles. The Bertz CT molecular complexity index is 824. The minimum absolute atomic E-state index is 0.895. The molecule has 1 atom stereocenters. The van der Waals surface area contributed by atoms with Gasteiger partial charge < -0.3 is 5.11 Å². The highest BCUT2D eigenvalue weighted by atomic mass is 28.3. The van der Waals surface area contributed by atoms with Gasteiger partial charge in [-0.05, 0) is 27.6 Å². The van der Waals surface area contributed by atoms with E-state index in [1.165, 1.54) is 10.4 Å². The lowest BCUT2D eigenvalue weighted by molar-refractivity contribution is 0.126. The summed E-state index contributed by atoms with van der Waals surface area (Å²) < 4.78 is 0. The van der Waals surface area contributed by atoms with Crippen molar-refractivity contribution in [3.8, 4) is 0 Å². The third kappa shape index (κ3) is 1.87. The number of hydrogen-bond acceptors (Lipinski definition) is 2. The average Bonchev–Trinajstić information content (AvgIpc) is 2.61. The van der Waals surface area contributed by atoms with Crippen molar-refractivity contribution >= 4 is 18.4 Å². The van der Waals surface area contributed by atoms with Gasteiger partial charge in [0.25, 0.3) is 0 Å². The average molecular weight is 317 g/mol. The predicted octanol–water partition coefficient (Wildman–Crippen LogP) is 2.50. The van der Waals surface area contributed by atoms with Crippen LogP contribution in [0.3, 0.4) is 0 Å². The molecular formula is C20H19NOSi. The molecule has 1 N–H and O–H groups in total. The number of rotatable bonds is 1. The Hall–Kier alpha value is -2.23. The molecular weight excluding hydrogens is 298 g/mol. The van der Waals surface area contributed by atoms with Crippen molar-refractivity contribution in [2.24, 2.45) is 0 Å². The second-order valence-electron chi connectivity index (χ2n) is 6.67. The van der Waals surface area contributed by atoms with Crippen molar-refractivity contribution in [1.82, 2.24) is 4.98 Å². The van der Waals surface area contributed by atoms with Crippen molar-refractivity contribution in [3.05, 3.63) is 89.7 Å². The Kier molecular flexibility index (Phi) is 3.05. The summed E-state index contributed by atoms with van der Waals surface area (Å²) in [5.41, 5.74) is 1.69. The molecule has 1 unspecified atom stereocenters. The number of nitrogens with zero attached hydrogens (tertiary/aromatic N) is 1. The van der Waals surface area contributed by atoms with E-state index in [1.807, 2.05) is 48.8 Å². The van der Waals surface area contributed by atoms with Gasteiger partial charge in [-0.3, -0.25) is 4.98 Å². The minimum atomic E-state index is -1.85. The van der Waals surface area contributed by atoms with E-state index in [9.17, 15) is 5.11 Å². The Labute approximate surface area is 137 Å². The highest BCUT2D eigenvalue weighted by Gasteiger charge is 2.47. The zero-order valence-corrected chi connectivity index (χ0v) is 14.3. The molecule has 0 spiro atoms. The SMILES string of the molecule is C[Si]1(C)c2ccccc2C(O)(c2ccccc2)c2cnccc21. The van der Waals surface area contributed by atoms with Crippen LogP contribution in [0.5, 0.6) is 0 Å². The van der Waals surface area contributed by atoms with Gasteiger partial charge in [0.2, 0.25) is 0 Å². The highest BCUT2D eigenvalue weighted by Crippen LogP contribution is 2.38. The minimum Gasteiger partial charge on any atom is -0.376 e. The van der Waals surface area contributed by atoms with E-state index < -0.39 is 13.7 Å². The largest absolute Gasteiger partial charge is 0.376 e. The van der Waals surface area contributed by atoms with E-state index in [0.29, 0.717) is 0 Å². The van der Waals surface area contributed by atoms with Gasteiger partial charge in [-0.2, -0.15) is 0 Å². The zero-order chi connectivity index (χ0) is 16.1. The summed E-state index contributed by atoms with van der Waals surface area (Å²) in [6, 6.07) is 20.3. The highest BCUT2D eigenvalue weighted by molar-refractivity contribution is 7.01. The summed E-state index contributed by atoms with van der Waals surface area (Å²) in [4.78, 5) is 4.32. The number of aromatic nitrogens is 1. The van der Waals surface area contributed by atoms with Gasteiger partial charge >= 0.3 is 0 Å². The maximum atomic E-state index is 11.9. The Morgan fingerprint density at radius 3 is 2.26 bits per heavy atom. The van der Waals surface area contributed by atoms with Crippen LogP contribution in [0.1, 0.15) is 16.7 Å². The second-order valence-corrected chi connectivity index (χ2v) is 11.0. The molecule has 0 saturated heterocycles. The molecule has 3 heteroatoms. The molecule has 1 aliphatic rings. The monoisotopic (exact) mass is 317 g/mol. The van der Waals surface area contributed by atoms with E-state index in [0.717, 1.165) is 16.7 Å². The van der Waals surface area contributed by atoms with Crippen molar-refractivity contribution < 1.29 is 5.11 Å². The van der Waals surface area contributed by atoms with Gasteiger partial charge in [-0.15, -0.1) is 0 Å². The third-order valence-corrected chi connectivity index (χ3v) is 8.63. The molecule has 0 radical (unpaired) electrons. The van der Waals surface area contributed by atoms with Gasteiger partial charge in [-0.1, -0.05) is 67.7 Å². The van der Waals surface area contributed by atoms with Crippen molar-refractivity contribution in [3.63, 3.8) is 0 Å². The Balaban J connectivity index is 2.13. The molecule has 1 aromatic heterocycles. The molecule has 0 bridgehead atoms. The molecule has 2 nitrogen and oxygen atoms in total. The quantitative estimate of drug-likeness (QED) is 0.700. The van der Waals surface area contributed by atoms with E-state index in [1.54, 1.807) is 0 Å². The van der Waals surface area contributed by atoms with Gasteiger partial charge in [0.05, 0.1) is 0 Å². The Morgan fingerprint density at radius 1 is 0.826 bits per heavy atom. The van der Waals surface area contributed by atoms with E-state index in [-0.39, 0.29) is 0 Å². The molecule has 4 rings (SSSR count). The maximum absolute atomic E-state index is 11.9. The van der Waals surface area contributed by atoms with Gasteiger partial charge in [0.1, 0.15) is 13.7 Å². The van der Waals surface area contributed by atoms with E-state index >= 15 is 0 Å². The lowest BCUT2D eigenvalue weighted by Crippen LogP contribution is -2.63. The summed E-state index contributed by atoms with van der Waals surface area (Å²) in [5.74, 6) is 0. The Morgan fingerprint density at radius 2 is 1.48 bits per heavy atom. The maximum Gasteiger partial charge on any atom is 0.141 e. The second kappa shape index (κ2) is 4.88. The first-order valence-electron chi connectivity index (χ1n) is 7.89. The van der Waals surface area contributed by atoms with Gasteiger partial charge in [0.15, 0.2) is 0 Å². The number of benzene rings is 2. The molecule has 2 heterocycles. The summed E-state index contributed by atoms with van der Waals surface area (Å²) in [7, 11) is -1.85. The van der Waals surface area contributed by atoms with E-state index in [2.05, 4.69) is 42.3 Å². The first kappa shape index (κ1) is 14.4. The molecule has 0 saturated carbocycles. The van der Waals surface area contributed by atoms with Crippen molar-refractivity contribution in [2.75, 3.05) is 0 Å². The van der Waals surface area contributed by atoms with Crippen LogP contribution in [0.4, 0.5) is 0 Å². The molecule has 0 fully saturated rings. The fourth-order valence-electron chi connectivity index (χ4n) is 3.85. The molecule has 114 valence electrons. The number of pyridine rings is 1. The van der Waals surface area contributed by atoms with Crippen LogP contribution in [0, 0.1) is 0 Å². The van der Waals surface area contributed by atoms with Crippen LogP contribution in [0.25, 0.3) is 0 Å². The van der Waals surface area contributed by atoms with Crippen LogP contribution in [0.15, 0.2) is 73.1 Å².